The second-order valence-corrected chi connectivity index (χ2v) is 6.75. The number of piperidine rings is 1. The molecule has 5 nitrogen and oxygen atoms in total. The van der Waals surface area contributed by atoms with Crippen molar-refractivity contribution in [3.63, 3.8) is 0 Å². The lowest BCUT2D eigenvalue weighted by atomic mass is 10.0. The number of carbonyl (C=O) groups is 2. The van der Waals surface area contributed by atoms with Gasteiger partial charge in [0.25, 0.3) is 0 Å². The lowest BCUT2D eigenvalue weighted by molar-refractivity contribution is -0.137. The zero-order valence-corrected chi connectivity index (χ0v) is 15.3. The molecule has 0 aromatic heterocycles. The Morgan fingerprint density at radius 3 is 2.50 bits per heavy atom. The molecule has 2 amide bonds. The number of benzene rings is 1. The molecule has 0 saturated carbocycles. The Hall–Kier alpha value is -1.30. The van der Waals surface area contributed by atoms with Crippen LogP contribution in [0, 0.1) is 5.92 Å². The smallest absolute Gasteiger partial charge is 0.228 e. The van der Waals surface area contributed by atoms with Crippen LogP contribution in [0.1, 0.15) is 19.3 Å². The monoisotopic (exact) mass is 371 g/mol. The number of anilines is 1. The van der Waals surface area contributed by atoms with Crippen molar-refractivity contribution in [3.8, 4) is 0 Å². The zero-order chi connectivity index (χ0) is 16.4. The van der Waals surface area contributed by atoms with Crippen molar-refractivity contribution in [2.75, 3.05) is 31.6 Å². The van der Waals surface area contributed by atoms with E-state index in [4.69, 9.17) is 11.6 Å². The largest absolute Gasteiger partial charge is 0.342 e. The molecule has 132 valence electrons. The van der Waals surface area contributed by atoms with Crippen molar-refractivity contribution >= 4 is 41.5 Å². The first-order valence-electron chi connectivity index (χ1n) is 8.09. The molecule has 1 unspecified atom stereocenters. The molecule has 1 atom stereocenters. The van der Waals surface area contributed by atoms with E-state index in [-0.39, 0.29) is 42.6 Å². The Morgan fingerprint density at radius 1 is 1.25 bits per heavy atom. The van der Waals surface area contributed by atoms with Crippen molar-refractivity contribution in [2.45, 2.75) is 25.3 Å². The highest BCUT2D eigenvalue weighted by Gasteiger charge is 2.37. The molecule has 24 heavy (non-hydrogen) atoms. The molecule has 0 aliphatic carbocycles. The maximum absolute atomic E-state index is 12.7. The predicted octanol–water partition coefficient (Wildman–Crippen LogP) is 2.33. The second kappa shape index (κ2) is 8.19. The van der Waals surface area contributed by atoms with Gasteiger partial charge in [0.1, 0.15) is 0 Å². The van der Waals surface area contributed by atoms with E-state index in [0.717, 1.165) is 31.6 Å². The maximum atomic E-state index is 12.7. The topological polar surface area (TPSA) is 52.7 Å². The Balaban J connectivity index is 0.00000208. The van der Waals surface area contributed by atoms with Crippen LogP contribution in [0.3, 0.4) is 0 Å². The van der Waals surface area contributed by atoms with E-state index in [1.54, 1.807) is 17.0 Å². The summed E-state index contributed by atoms with van der Waals surface area (Å²) in [7, 11) is 1.87. The number of hydrogen-bond donors (Lipinski definition) is 1. The highest BCUT2D eigenvalue weighted by Crippen LogP contribution is 2.28. The van der Waals surface area contributed by atoms with Gasteiger partial charge in [-0.25, -0.2) is 0 Å². The van der Waals surface area contributed by atoms with Gasteiger partial charge >= 0.3 is 0 Å². The standard InChI is InChI=1S/C17H22ClN3O2.ClH/c1-20(14-6-8-19-9-7-14)17(23)12-10-16(22)21(11-12)15-4-2-13(18)3-5-15;/h2-5,12,14,19H,6-11H2,1H3;1H. The van der Waals surface area contributed by atoms with E-state index in [1.807, 2.05) is 24.1 Å². The fraction of sp³-hybridized carbons (Fsp3) is 0.529. The van der Waals surface area contributed by atoms with Gasteiger partial charge in [-0.15, -0.1) is 12.4 Å². The fourth-order valence-corrected chi connectivity index (χ4v) is 3.53. The van der Waals surface area contributed by atoms with Gasteiger partial charge in [-0.05, 0) is 50.2 Å². The van der Waals surface area contributed by atoms with Crippen LogP contribution in [0.2, 0.25) is 5.02 Å². The third kappa shape index (κ3) is 4.02. The van der Waals surface area contributed by atoms with Gasteiger partial charge in [-0.2, -0.15) is 0 Å². The van der Waals surface area contributed by atoms with E-state index < -0.39 is 0 Å². The Labute approximate surface area is 153 Å². The number of nitrogens with zero attached hydrogens (tertiary/aromatic N) is 2. The Kier molecular flexibility index (Phi) is 6.49. The summed E-state index contributed by atoms with van der Waals surface area (Å²) < 4.78 is 0. The summed E-state index contributed by atoms with van der Waals surface area (Å²) in [6.07, 6.45) is 2.24. The van der Waals surface area contributed by atoms with Gasteiger partial charge in [0.05, 0.1) is 5.92 Å². The number of rotatable bonds is 3. The molecule has 2 heterocycles. The molecule has 2 saturated heterocycles. The first-order chi connectivity index (χ1) is 11.1. The Morgan fingerprint density at radius 2 is 1.88 bits per heavy atom. The van der Waals surface area contributed by atoms with Gasteiger partial charge in [0.15, 0.2) is 0 Å². The van der Waals surface area contributed by atoms with Crippen molar-refractivity contribution in [1.82, 2.24) is 10.2 Å². The van der Waals surface area contributed by atoms with Crippen LogP contribution in [0.5, 0.6) is 0 Å². The third-order valence-corrected chi connectivity index (χ3v) is 5.07. The Bertz CT molecular complexity index is 588. The highest BCUT2D eigenvalue weighted by molar-refractivity contribution is 6.30. The predicted molar refractivity (Wildman–Crippen MR) is 97.8 cm³/mol. The molecular formula is C17H23Cl2N3O2. The summed E-state index contributed by atoms with van der Waals surface area (Å²) in [5.41, 5.74) is 0.805. The van der Waals surface area contributed by atoms with Gasteiger partial charge in [-0.1, -0.05) is 11.6 Å². The van der Waals surface area contributed by atoms with Crippen LogP contribution < -0.4 is 10.2 Å². The molecule has 0 radical (unpaired) electrons. The number of hydrogen-bond acceptors (Lipinski definition) is 3. The van der Waals surface area contributed by atoms with Gasteiger partial charge in [0.2, 0.25) is 11.8 Å². The molecule has 0 spiro atoms. The molecule has 7 heteroatoms. The minimum atomic E-state index is -0.252. The van der Waals surface area contributed by atoms with Crippen molar-refractivity contribution in [3.05, 3.63) is 29.3 Å². The first kappa shape index (κ1) is 19.0. The maximum Gasteiger partial charge on any atom is 0.228 e. The van der Waals surface area contributed by atoms with E-state index in [2.05, 4.69) is 5.32 Å². The van der Waals surface area contributed by atoms with Gasteiger partial charge < -0.3 is 15.1 Å². The average Bonchev–Trinajstić information content (AvgIpc) is 2.97. The summed E-state index contributed by atoms with van der Waals surface area (Å²) in [6.45, 7) is 2.35. The van der Waals surface area contributed by atoms with Crippen LogP contribution >= 0.6 is 24.0 Å². The molecule has 2 fully saturated rings. The minimum absolute atomic E-state index is 0. The van der Waals surface area contributed by atoms with E-state index >= 15 is 0 Å². The normalized spacial score (nSPS) is 21.5. The molecule has 2 aliphatic rings. The quantitative estimate of drug-likeness (QED) is 0.886. The van der Waals surface area contributed by atoms with Crippen molar-refractivity contribution in [1.29, 1.82) is 0 Å². The van der Waals surface area contributed by atoms with E-state index in [1.165, 1.54) is 0 Å². The van der Waals surface area contributed by atoms with Gasteiger partial charge in [-0.3, -0.25) is 9.59 Å². The molecule has 3 rings (SSSR count). The summed E-state index contributed by atoms with van der Waals surface area (Å²) in [4.78, 5) is 28.6. The zero-order valence-electron chi connectivity index (χ0n) is 13.7. The number of nitrogens with one attached hydrogen (secondary N) is 1. The van der Waals surface area contributed by atoms with Crippen molar-refractivity contribution in [2.24, 2.45) is 5.92 Å². The summed E-state index contributed by atoms with van der Waals surface area (Å²) in [6, 6.07) is 7.46. The molecular weight excluding hydrogens is 349 g/mol. The molecule has 1 N–H and O–H groups in total. The van der Waals surface area contributed by atoms with Crippen LogP contribution in [0.4, 0.5) is 5.69 Å². The van der Waals surface area contributed by atoms with Crippen LogP contribution in [-0.2, 0) is 9.59 Å². The number of carbonyl (C=O) groups excluding carboxylic acids is 2. The third-order valence-electron chi connectivity index (χ3n) is 4.82. The van der Waals surface area contributed by atoms with Crippen LogP contribution in [-0.4, -0.2) is 49.4 Å². The molecule has 1 aromatic carbocycles. The van der Waals surface area contributed by atoms with E-state index in [9.17, 15) is 9.59 Å². The molecule has 1 aromatic rings. The van der Waals surface area contributed by atoms with Crippen LogP contribution in [0.15, 0.2) is 24.3 Å². The fourth-order valence-electron chi connectivity index (χ4n) is 3.41. The summed E-state index contributed by atoms with van der Waals surface area (Å²) in [5.74, 6) is -0.163. The lowest BCUT2D eigenvalue weighted by Crippen LogP contribution is -2.46. The van der Waals surface area contributed by atoms with Crippen LogP contribution in [0.25, 0.3) is 0 Å². The van der Waals surface area contributed by atoms with Gasteiger partial charge in [0, 0.05) is 36.8 Å². The first-order valence-corrected chi connectivity index (χ1v) is 8.47. The lowest BCUT2D eigenvalue weighted by Gasteiger charge is -2.33. The molecule has 0 bridgehead atoms. The highest BCUT2D eigenvalue weighted by atomic mass is 35.5. The van der Waals surface area contributed by atoms with Crippen molar-refractivity contribution < 1.29 is 9.59 Å². The summed E-state index contributed by atoms with van der Waals surface area (Å²) in [5, 5.41) is 3.94. The second-order valence-electron chi connectivity index (χ2n) is 6.31. The number of halogens is 2. The summed E-state index contributed by atoms with van der Waals surface area (Å²) >= 11 is 5.89. The minimum Gasteiger partial charge on any atom is -0.342 e. The average molecular weight is 372 g/mol. The molecule has 2 aliphatic heterocycles. The SMILES string of the molecule is CN(C(=O)C1CC(=O)N(c2ccc(Cl)cc2)C1)C1CCNCC1.Cl. The number of amides is 2. The van der Waals surface area contributed by atoms with E-state index in [0.29, 0.717) is 11.6 Å².